The molecular formula is C20H26N6O. The fourth-order valence-electron chi connectivity index (χ4n) is 2.95. The lowest BCUT2D eigenvalue weighted by atomic mass is 10.1. The molecule has 2 aromatic heterocycles. The number of nitrogens with zero attached hydrogens (tertiary/aromatic N) is 4. The van der Waals surface area contributed by atoms with Crippen LogP contribution in [0.1, 0.15) is 23.4 Å². The van der Waals surface area contributed by atoms with E-state index in [9.17, 15) is 4.79 Å². The van der Waals surface area contributed by atoms with E-state index in [0.29, 0.717) is 13.1 Å². The zero-order valence-electron chi connectivity index (χ0n) is 15.9. The minimum Gasteiger partial charge on any atom is -0.338 e. The third kappa shape index (κ3) is 5.44. The molecule has 2 heterocycles. The molecule has 0 spiro atoms. The van der Waals surface area contributed by atoms with Crippen LogP contribution < -0.4 is 10.6 Å². The molecule has 0 aliphatic rings. The molecule has 1 aromatic carbocycles. The van der Waals surface area contributed by atoms with Gasteiger partial charge in [0.2, 0.25) is 0 Å². The first-order chi connectivity index (χ1) is 13.1. The Labute approximate surface area is 159 Å². The van der Waals surface area contributed by atoms with Crippen LogP contribution in [0.4, 0.5) is 4.79 Å². The molecule has 2 N–H and O–H groups in total. The number of carbonyl (C=O) groups excluding carboxylic acids is 1. The van der Waals surface area contributed by atoms with Crippen LogP contribution in [-0.4, -0.2) is 38.7 Å². The van der Waals surface area contributed by atoms with Crippen molar-refractivity contribution in [2.45, 2.75) is 33.2 Å². The maximum absolute atomic E-state index is 11.9. The first-order valence-electron chi connectivity index (χ1n) is 9.23. The predicted molar refractivity (Wildman–Crippen MR) is 105 cm³/mol. The lowest BCUT2D eigenvalue weighted by Gasteiger charge is -2.09. The van der Waals surface area contributed by atoms with Crippen LogP contribution in [0.2, 0.25) is 0 Å². The Balaban J connectivity index is 1.32. The maximum Gasteiger partial charge on any atom is 0.314 e. The molecule has 142 valence electrons. The lowest BCUT2D eigenvalue weighted by molar-refractivity contribution is 0.240. The van der Waals surface area contributed by atoms with Gasteiger partial charge in [0.25, 0.3) is 0 Å². The third-order valence-electron chi connectivity index (χ3n) is 4.34. The Morgan fingerprint density at radius 2 is 1.89 bits per heavy atom. The largest absolute Gasteiger partial charge is 0.338 e. The Kier molecular flexibility index (Phi) is 6.25. The molecule has 0 bridgehead atoms. The Bertz CT molecular complexity index is 851. The van der Waals surface area contributed by atoms with E-state index in [1.165, 1.54) is 5.56 Å². The minimum absolute atomic E-state index is 0.128. The molecule has 7 nitrogen and oxygen atoms in total. The van der Waals surface area contributed by atoms with Gasteiger partial charge in [-0.1, -0.05) is 12.1 Å². The van der Waals surface area contributed by atoms with Gasteiger partial charge in [-0.3, -0.25) is 4.68 Å². The van der Waals surface area contributed by atoms with Gasteiger partial charge in [-0.05, 0) is 56.5 Å². The quantitative estimate of drug-likeness (QED) is 0.602. The number of amides is 2. The van der Waals surface area contributed by atoms with E-state index in [4.69, 9.17) is 0 Å². The molecule has 0 saturated carbocycles. The van der Waals surface area contributed by atoms with Crippen molar-refractivity contribution >= 4 is 6.03 Å². The highest BCUT2D eigenvalue weighted by Gasteiger charge is 2.03. The van der Waals surface area contributed by atoms with Gasteiger partial charge in [0.15, 0.2) is 0 Å². The topological polar surface area (TPSA) is 76.8 Å². The Hall–Kier alpha value is -3.09. The number of hydrogen-bond acceptors (Lipinski definition) is 3. The van der Waals surface area contributed by atoms with E-state index in [1.807, 2.05) is 47.6 Å². The van der Waals surface area contributed by atoms with E-state index in [2.05, 4.69) is 39.0 Å². The van der Waals surface area contributed by atoms with E-state index in [1.54, 1.807) is 6.20 Å². The monoisotopic (exact) mass is 366 g/mol. The van der Waals surface area contributed by atoms with Crippen LogP contribution in [0.15, 0.2) is 48.8 Å². The average molecular weight is 366 g/mol. The molecule has 0 fully saturated rings. The van der Waals surface area contributed by atoms with Gasteiger partial charge in [0.1, 0.15) is 0 Å². The first-order valence-corrected chi connectivity index (χ1v) is 9.23. The summed E-state index contributed by atoms with van der Waals surface area (Å²) in [5, 5.41) is 14.4. The number of aromatic nitrogens is 4. The zero-order chi connectivity index (χ0) is 19.1. The van der Waals surface area contributed by atoms with Crippen molar-refractivity contribution in [1.82, 2.24) is 30.2 Å². The van der Waals surface area contributed by atoms with Gasteiger partial charge in [0, 0.05) is 37.7 Å². The summed E-state index contributed by atoms with van der Waals surface area (Å²) >= 11 is 0. The number of carbonyl (C=O) groups is 1. The van der Waals surface area contributed by atoms with Crippen molar-refractivity contribution in [3.63, 3.8) is 0 Å². The fourth-order valence-corrected chi connectivity index (χ4v) is 2.95. The number of urea groups is 1. The summed E-state index contributed by atoms with van der Waals surface area (Å²) in [4.78, 5) is 11.9. The molecule has 0 unspecified atom stereocenters. The molecule has 0 aliphatic heterocycles. The molecule has 0 saturated heterocycles. The van der Waals surface area contributed by atoms with E-state index in [-0.39, 0.29) is 6.03 Å². The summed E-state index contributed by atoms with van der Waals surface area (Å²) in [6.45, 7) is 6.07. The van der Waals surface area contributed by atoms with Crippen LogP contribution in [0.5, 0.6) is 0 Å². The third-order valence-corrected chi connectivity index (χ3v) is 4.34. The molecule has 0 radical (unpaired) electrons. The van der Waals surface area contributed by atoms with Crippen molar-refractivity contribution in [2.24, 2.45) is 0 Å². The first kappa shape index (κ1) is 18.7. The van der Waals surface area contributed by atoms with Crippen LogP contribution in [0.3, 0.4) is 0 Å². The smallest absolute Gasteiger partial charge is 0.314 e. The molecule has 3 rings (SSSR count). The number of hydrogen-bond donors (Lipinski definition) is 2. The SMILES string of the molecule is Cc1cc(C)n(CCCNC(=O)NCCc2ccc(-n3cccn3)cc2)n1. The fraction of sp³-hybridized carbons (Fsp3) is 0.350. The summed E-state index contributed by atoms with van der Waals surface area (Å²) < 4.78 is 3.80. The van der Waals surface area contributed by atoms with E-state index in [0.717, 1.165) is 36.5 Å². The molecule has 0 aliphatic carbocycles. The molecule has 0 atom stereocenters. The average Bonchev–Trinajstić information content (AvgIpc) is 3.29. The number of nitrogens with one attached hydrogen (secondary N) is 2. The molecular weight excluding hydrogens is 340 g/mol. The molecule has 2 amide bonds. The predicted octanol–water partition coefficient (Wildman–Crippen LogP) is 2.62. The summed E-state index contributed by atoms with van der Waals surface area (Å²) in [6, 6.07) is 12.0. The lowest BCUT2D eigenvalue weighted by Crippen LogP contribution is -2.37. The summed E-state index contributed by atoms with van der Waals surface area (Å²) in [7, 11) is 0. The Morgan fingerprint density at radius 3 is 2.56 bits per heavy atom. The van der Waals surface area contributed by atoms with E-state index >= 15 is 0 Å². The number of aryl methyl sites for hydroxylation is 3. The van der Waals surface area contributed by atoms with E-state index < -0.39 is 0 Å². The highest BCUT2D eigenvalue weighted by molar-refractivity contribution is 5.73. The van der Waals surface area contributed by atoms with Crippen molar-refractivity contribution < 1.29 is 4.79 Å². The van der Waals surface area contributed by atoms with Crippen molar-refractivity contribution in [3.05, 3.63) is 65.7 Å². The normalized spacial score (nSPS) is 10.7. The standard InChI is InChI=1S/C20H26N6O/c1-16-15-17(2)25(24-16)13-3-10-21-20(27)22-12-9-18-5-7-19(8-6-18)26-14-4-11-23-26/h4-8,11,14-15H,3,9-10,12-13H2,1-2H3,(H2,21,22,27). The summed E-state index contributed by atoms with van der Waals surface area (Å²) in [5.74, 6) is 0. The van der Waals surface area contributed by atoms with Gasteiger partial charge in [-0.25, -0.2) is 9.48 Å². The van der Waals surface area contributed by atoms with Gasteiger partial charge in [-0.2, -0.15) is 10.2 Å². The van der Waals surface area contributed by atoms with Crippen LogP contribution >= 0.6 is 0 Å². The molecule has 7 heteroatoms. The second kappa shape index (κ2) is 9.02. The summed E-state index contributed by atoms with van der Waals surface area (Å²) in [5.41, 5.74) is 4.37. The van der Waals surface area contributed by atoms with Crippen LogP contribution in [-0.2, 0) is 13.0 Å². The van der Waals surface area contributed by atoms with Crippen molar-refractivity contribution in [3.8, 4) is 5.69 Å². The Morgan fingerprint density at radius 1 is 1.11 bits per heavy atom. The van der Waals surface area contributed by atoms with Gasteiger partial charge < -0.3 is 10.6 Å². The van der Waals surface area contributed by atoms with Crippen LogP contribution in [0, 0.1) is 13.8 Å². The van der Waals surface area contributed by atoms with Crippen molar-refractivity contribution in [1.29, 1.82) is 0 Å². The molecule has 3 aromatic rings. The van der Waals surface area contributed by atoms with Gasteiger partial charge >= 0.3 is 6.03 Å². The number of rotatable bonds is 8. The highest BCUT2D eigenvalue weighted by atomic mass is 16.2. The second-order valence-corrected chi connectivity index (χ2v) is 6.55. The molecule has 27 heavy (non-hydrogen) atoms. The van der Waals surface area contributed by atoms with Gasteiger partial charge in [0.05, 0.1) is 11.4 Å². The van der Waals surface area contributed by atoms with Gasteiger partial charge in [-0.15, -0.1) is 0 Å². The zero-order valence-corrected chi connectivity index (χ0v) is 15.9. The van der Waals surface area contributed by atoms with Crippen molar-refractivity contribution in [2.75, 3.05) is 13.1 Å². The second-order valence-electron chi connectivity index (χ2n) is 6.55. The van der Waals surface area contributed by atoms with Crippen LogP contribution in [0.25, 0.3) is 5.69 Å². The minimum atomic E-state index is -0.128. The maximum atomic E-state index is 11.9. The summed E-state index contributed by atoms with van der Waals surface area (Å²) in [6.07, 6.45) is 5.31. The number of benzene rings is 1. The highest BCUT2D eigenvalue weighted by Crippen LogP contribution is 2.08.